The van der Waals surface area contributed by atoms with Crippen molar-refractivity contribution in [2.24, 2.45) is 0 Å². The molecule has 0 unspecified atom stereocenters. The minimum Gasteiger partial charge on any atom is -0.507 e. The molecular formula is C23H21FN2O3. The van der Waals surface area contributed by atoms with Crippen molar-refractivity contribution in [3.8, 4) is 28.0 Å². The number of carbonyl (C=O) groups excluding carboxylic acids is 2. The van der Waals surface area contributed by atoms with E-state index in [2.05, 4.69) is 10.6 Å². The third kappa shape index (κ3) is 4.43. The summed E-state index contributed by atoms with van der Waals surface area (Å²) in [4.78, 5) is 23.2. The molecule has 0 bridgehead atoms. The fraction of sp³-hybridized carbons (Fsp3) is 0.130. The Morgan fingerprint density at radius 1 is 0.966 bits per heavy atom. The van der Waals surface area contributed by atoms with E-state index in [1.54, 1.807) is 48.5 Å². The molecule has 0 saturated carbocycles. The largest absolute Gasteiger partial charge is 0.507 e. The van der Waals surface area contributed by atoms with Gasteiger partial charge in [0, 0.05) is 30.2 Å². The highest BCUT2D eigenvalue weighted by atomic mass is 19.1. The first-order valence-electron chi connectivity index (χ1n) is 9.18. The second-order valence-corrected chi connectivity index (χ2v) is 6.52. The van der Waals surface area contributed by atoms with Crippen LogP contribution in [0.1, 0.15) is 24.2 Å². The van der Waals surface area contributed by atoms with Gasteiger partial charge in [0.15, 0.2) is 0 Å². The zero-order valence-corrected chi connectivity index (χ0v) is 16.1. The molecule has 0 aromatic heterocycles. The topological polar surface area (TPSA) is 78.4 Å². The molecule has 0 aliphatic carbocycles. The molecule has 148 valence electrons. The van der Waals surface area contributed by atoms with Crippen LogP contribution in [0.15, 0.2) is 60.7 Å². The Labute approximate surface area is 168 Å². The van der Waals surface area contributed by atoms with Crippen molar-refractivity contribution < 1.29 is 19.1 Å². The highest BCUT2D eigenvalue weighted by Crippen LogP contribution is 2.39. The molecule has 0 fully saturated rings. The number of hydrogen-bond donors (Lipinski definition) is 3. The number of halogens is 1. The molecule has 0 atom stereocenters. The monoisotopic (exact) mass is 392 g/mol. The van der Waals surface area contributed by atoms with Crippen LogP contribution in [0.3, 0.4) is 0 Å². The number of rotatable bonds is 5. The van der Waals surface area contributed by atoms with E-state index in [4.69, 9.17) is 0 Å². The smallest absolute Gasteiger partial charge is 0.251 e. The van der Waals surface area contributed by atoms with E-state index in [1.165, 1.54) is 19.1 Å². The van der Waals surface area contributed by atoms with Gasteiger partial charge in [-0.2, -0.15) is 0 Å². The van der Waals surface area contributed by atoms with Gasteiger partial charge in [-0.1, -0.05) is 36.4 Å². The molecule has 3 aromatic carbocycles. The van der Waals surface area contributed by atoms with Crippen LogP contribution in [0.4, 0.5) is 10.1 Å². The van der Waals surface area contributed by atoms with Crippen molar-refractivity contribution in [3.05, 3.63) is 72.0 Å². The van der Waals surface area contributed by atoms with E-state index in [0.717, 1.165) is 0 Å². The summed E-state index contributed by atoms with van der Waals surface area (Å²) in [6.45, 7) is 3.66. The molecule has 0 heterocycles. The SMILES string of the molecule is CCNC(=O)c1cccc(-c2cccc(-c3ccc(NC(C)=O)c(F)c3)c2O)c1. The Kier molecular flexibility index (Phi) is 5.93. The van der Waals surface area contributed by atoms with E-state index in [-0.39, 0.29) is 23.3 Å². The van der Waals surface area contributed by atoms with E-state index < -0.39 is 5.82 Å². The summed E-state index contributed by atoms with van der Waals surface area (Å²) in [5.41, 5.74) is 2.67. The molecule has 0 aliphatic heterocycles. The number of anilines is 1. The number of benzene rings is 3. The summed E-state index contributed by atoms with van der Waals surface area (Å²) in [5, 5.41) is 16.0. The van der Waals surface area contributed by atoms with Gasteiger partial charge in [-0.15, -0.1) is 0 Å². The molecule has 29 heavy (non-hydrogen) atoms. The van der Waals surface area contributed by atoms with Crippen molar-refractivity contribution in [3.63, 3.8) is 0 Å². The minimum absolute atomic E-state index is 0.0211. The first-order chi connectivity index (χ1) is 13.9. The fourth-order valence-corrected chi connectivity index (χ4v) is 3.07. The lowest BCUT2D eigenvalue weighted by Gasteiger charge is -2.12. The van der Waals surface area contributed by atoms with Gasteiger partial charge in [0.25, 0.3) is 5.91 Å². The lowest BCUT2D eigenvalue weighted by molar-refractivity contribution is -0.114. The third-order valence-corrected chi connectivity index (χ3v) is 4.40. The predicted molar refractivity (Wildman–Crippen MR) is 111 cm³/mol. The number of phenolic OH excluding ortho intramolecular Hbond substituents is 1. The van der Waals surface area contributed by atoms with Crippen LogP contribution >= 0.6 is 0 Å². The average molecular weight is 392 g/mol. The zero-order chi connectivity index (χ0) is 21.0. The van der Waals surface area contributed by atoms with Crippen LogP contribution < -0.4 is 10.6 Å². The fourth-order valence-electron chi connectivity index (χ4n) is 3.07. The second-order valence-electron chi connectivity index (χ2n) is 6.52. The number of phenols is 1. The van der Waals surface area contributed by atoms with Gasteiger partial charge in [-0.3, -0.25) is 9.59 Å². The van der Waals surface area contributed by atoms with Gasteiger partial charge in [0.1, 0.15) is 11.6 Å². The summed E-state index contributed by atoms with van der Waals surface area (Å²) in [7, 11) is 0. The predicted octanol–water partition coefficient (Wildman–Crippen LogP) is 4.57. The Balaban J connectivity index is 2.01. The molecule has 2 amide bonds. The summed E-state index contributed by atoms with van der Waals surface area (Å²) < 4.78 is 14.3. The third-order valence-electron chi connectivity index (χ3n) is 4.40. The van der Waals surface area contributed by atoms with Gasteiger partial charge >= 0.3 is 0 Å². The number of nitrogens with one attached hydrogen (secondary N) is 2. The molecule has 3 N–H and O–H groups in total. The van der Waals surface area contributed by atoms with Gasteiger partial charge in [-0.05, 0) is 42.3 Å². The van der Waals surface area contributed by atoms with Crippen molar-refractivity contribution >= 4 is 17.5 Å². The van der Waals surface area contributed by atoms with Crippen molar-refractivity contribution in [1.82, 2.24) is 5.32 Å². The summed E-state index contributed by atoms with van der Waals surface area (Å²) in [6, 6.07) is 16.4. The zero-order valence-electron chi connectivity index (χ0n) is 16.1. The van der Waals surface area contributed by atoms with Crippen LogP contribution in [0.25, 0.3) is 22.3 Å². The van der Waals surface area contributed by atoms with Crippen molar-refractivity contribution in [2.75, 3.05) is 11.9 Å². The van der Waals surface area contributed by atoms with Crippen LogP contribution in [0.2, 0.25) is 0 Å². The molecule has 0 spiro atoms. The number of aromatic hydroxyl groups is 1. The van der Waals surface area contributed by atoms with Crippen molar-refractivity contribution in [2.45, 2.75) is 13.8 Å². The quantitative estimate of drug-likeness (QED) is 0.595. The van der Waals surface area contributed by atoms with Crippen LogP contribution in [-0.4, -0.2) is 23.5 Å². The van der Waals surface area contributed by atoms with E-state index in [1.807, 2.05) is 6.92 Å². The summed E-state index contributed by atoms with van der Waals surface area (Å²) in [6.07, 6.45) is 0. The Morgan fingerprint density at radius 2 is 1.62 bits per heavy atom. The molecule has 0 saturated heterocycles. The summed E-state index contributed by atoms with van der Waals surface area (Å²) >= 11 is 0. The van der Waals surface area contributed by atoms with Crippen LogP contribution in [0.5, 0.6) is 5.75 Å². The normalized spacial score (nSPS) is 10.4. The van der Waals surface area contributed by atoms with Crippen molar-refractivity contribution in [1.29, 1.82) is 0 Å². The first kappa shape index (κ1) is 20.1. The van der Waals surface area contributed by atoms with Crippen LogP contribution in [0, 0.1) is 5.82 Å². The number of carbonyl (C=O) groups is 2. The van der Waals surface area contributed by atoms with Crippen LogP contribution in [-0.2, 0) is 4.79 Å². The first-order valence-corrected chi connectivity index (χ1v) is 9.18. The maximum atomic E-state index is 14.3. The number of para-hydroxylation sites is 1. The van der Waals surface area contributed by atoms with E-state index >= 15 is 0 Å². The number of amides is 2. The van der Waals surface area contributed by atoms with Gasteiger partial charge < -0.3 is 15.7 Å². The highest BCUT2D eigenvalue weighted by Gasteiger charge is 2.14. The lowest BCUT2D eigenvalue weighted by atomic mass is 9.96. The van der Waals surface area contributed by atoms with Gasteiger partial charge in [0.2, 0.25) is 5.91 Å². The average Bonchev–Trinajstić information content (AvgIpc) is 2.70. The molecule has 3 aromatic rings. The Morgan fingerprint density at radius 3 is 2.24 bits per heavy atom. The lowest BCUT2D eigenvalue weighted by Crippen LogP contribution is -2.22. The molecular weight excluding hydrogens is 371 g/mol. The van der Waals surface area contributed by atoms with E-state index in [9.17, 15) is 19.1 Å². The second kappa shape index (κ2) is 8.56. The molecule has 0 aliphatic rings. The molecule has 6 heteroatoms. The Hall–Kier alpha value is -3.67. The van der Waals surface area contributed by atoms with Gasteiger partial charge in [-0.25, -0.2) is 4.39 Å². The maximum Gasteiger partial charge on any atom is 0.251 e. The van der Waals surface area contributed by atoms with E-state index in [0.29, 0.717) is 34.4 Å². The molecule has 0 radical (unpaired) electrons. The molecule has 3 rings (SSSR count). The molecule has 5 nitrogen and oxygen atoms in total. The van der Waals surface area contributed by atoms with Gasteiger partial charge in [0.05, 0.1) is 5.69 Å². The summed E-state index contributed by atoms with van der Waals surface area (Å²) in [5.74, 6) is -1.18. The number of hydrogen-bond acceptors (Lipinski definition) is 3. The standard InChI is InChI=1S/C23H21FN2O3/c1-3-25-23(29)17-7-4-6-15(12-17)18-8-5-9-19(22(18)28)16-10-11-21(20(24)13-16)26-14(2)27/h4-13,28H,3H2,1-2H3,(H,25,29)(H,26,27). The maximum absolute atomic E-state index is 14.3. The minimum atomic E-state index is -0.597. The Bertz CT molecular complexity index is 1080. The highest BCUT2D eigenvalue weighted by molar-refractivity contribution is 5.96.